The maximum atomic E-state index is 12.2. The highest BCUT2D eigenvalue weighted by molar-refractivity contribution is 5.95. The molecule has 1 rings (SSSR count). The lowest BCUT2D eigenvalue weighted by atomic mass is 10.2. The summed E-state index contributed by atoms with van der Waals surface area (Å²) in [6, 6.07) is 8.48. The van der Waals surface area contributed by atoms with E-state index in [0.29, 0.717) is 5.56 Å². The minimum atomic E-state index is -1.09. The number of methoxy groups -OCH3 is 2. The average molecular weight is 267 g/mol. The molecule has 0 radical (unpaired) electrons. The minimum Gasteiger partial charge on any atom is -0.480 e. The highest BCUT2D eigenvalue weighted by atomic mass is 16.7. The number of rotatable bonds is 7. The molecule has 0 spiro atoms. The molecule has 0 saturated carbocycles. The molecule has 0 aliphatic carbocycles. The third-order valence-corrected chi connectivity index (χ3v) is 2.53. The van der Waals surface area contributed by atoms with Crippen LogP contribution in [0.3, 0.4) is 0 Å². The highest BCUT2D eigenvalue weighted by Gasteiger charge is 2.22. The van der Waals surface area contributed by atoms with Gasteiger partial charge in [-0.3, -0.25) is 9.59 Å². The van der Waals surface area contributed by atoms with Crippen LogP contribution in [0.4, 0.5) is 0 Å². The molecule has 19 heavy (non-hydrogen) atoms. The molecule has 1 amide bonds. The quantitative estimate of drug-likeness (QED) is 0.741. The van der Waals surface area contributed by atoms with Gasteiger partial charge in [0.1, 0.15) is 6.54 Å². The van der Waals surface area contributed by atoms with E-state index < -0.39 is 18.8 Å². The van der Waals surface area contributed by atoms with E-state index in [1.165, 1.54) is 19.1 Å². The van der Waals surface area contributed by atoms with Gasteiger partial charge in [-0.2, -0.15) is 0 Å². The summed E-state index contributed by atoms with van der Waals surface area (Å²) in [7, 11) is 2.86. The van der Waals surface area contributed by atoms with Crippen molar-refractivity contribution >= 4 is 11.9 Å². The monoisotopic (exact) mass is 267 g/mol. The van der Waals surface area contributed by atoms with Crippen LogP contribution in [0.15, 0.2) is 30.3 Å². The molecule has 0 atom stereocenters. The Morgan fingerprint density at radius 3 is 2.26 bits per heavy atom. The van der Waals surface area contributed by atoms with E-state index in [1.54, 1.807) is 30.3 Å². The molecule has 1 aromatic carbocycles. The molecule has 0 unspecified atom stereocenters. The van der Waals surface area contributed by atoms with Crippen LogP contribution in [0.5, 0.6) is 0 Å². The van der Waals surface area contributed by atoms with Crippen LogP contribution in [0.1, 0.15) is 10.4 Å². The van der Waals surface area contributed by atoms with Crippen LogP contribution >= 0.6 is 0 Å². The normalized spacial score (nSPS) is 10.5. The first-order valence-corrected chi connectivity index (χ1v) is 5.70. The zero-order chi connectivity index (χ0) is 14.3. The number of hydrogen-bond donors (Lipinski definition) is 1. The Balaban J connectivity index is 2.84. The maximum Gasteiger partial charge on any atom is 0.323 e. The van der Waals surface area contributed by atoms with Crippen LogP contribution < -0.4 is 0 Å². The topological polar surface area (TPSA) is 76.1 Å². The number of aliphatic carboxylic acids is 1. The number of nitrogens with zero attached hydrogens (tertiary/aromatic N) is 1. The van der Waals surface area contributed by atoms with Gasteiger partial charge in [-0.25, -0.2) is 0 Å². The molecule has 104 valence electrons. The Labute approximate surface area is 111 Å². The summed E-state index contributed by atoms with van der Waals surface area (Å²) in [5, 5.41) is 8.86. The summed E-state index contributed by atoms with van der Waals surface area (Å²) in [5.41, 5.74) is 0.426. The summed E-state index contributed by atoms with van der Waals surface area (Å²) in [6.07, 6.45) is -0.660. The second kappa shape index (κ2) is 7.50. The lowest BCUT2D eigenvalue weighted by molar-refractivity contribution is -0.140. The summed E-state index contributed by atoms with van der Waals surface area (Å²) in [6.45, 7) is -0.357. The molecule has 0 saturated heterocycles. The van der Waals surface area contributed by atoms with E-state index in [1.807, 2.05) is 0 Å². The molecular formula is C13H17NO5. The number of amides is 1. The average Bonchev–Trinajstić information content (AvgIpc) is 2.43. The van der Waals surface area contributed by atoms with Crippen molar-refractivity contribution in [2.75, 3.05) is 27.3 Å². The second-order valence-electron chi connectivity index (χ2n) is 3.85. The van der Waals surface area contributed by atoms with Gasteiger partial charge in [0.2, 0.25) is 0 Å². The SMILES string of the molecule is COC(CN(CC(=O)O)C(=O)c1ccccc1)OC. The number of hydrogen-bond acceptors (Lipinski definition) is 4. The van der Waals surface area contributed by atoms with Gasteiger partial charge in [-0.1, -0.05) is 18.2 Å². The Morgan fingerprint density at radius 1 is 1.21 bits per heavy atom. The molecule has 1 aromatic rings. The Morgan fingerprint density at radius 2 is 1.79 bits per heavy atom. The number of carboxylic acid groups (broad SMARTS) is 1. The molecule has 0 aliphatic heterocycles. The Bertz CT molecular complexity index is 416. The smallest absolute Gasteiger partial charge is 0.323 e. The zero-order valence-electron chi connectivity index (χ0n) is 10.9. The first kappa shape index (κ1) is 15.1. The highest BCUT2D eigenvalue weighted by Crippen LogP contribution is 2.07. The van der Waals surface area contributed by atoms with Crippen molar-refractivity contribution in [1.29, 1.82) is 0 Å². The van der Waals surface area contributed by atoms with Crippen LogP contribution in [-0.2, 0) is 14.3 Å². The number of carboxylic acids is 1. The maximum absolute atomic E-state index is 12.2. The predicted molar refractivity (Wildman–Crippen MR) is 67.8 cm³/mol. The van der Waals surface area contributed by atoms with Gasteiger partial charge in [0.05, 0.1) is 6.54 Å². The fraction of sp³-hybridized carbons (Fsp3) is 0.385. The van der Waals surface area contributed by atoms with Crippen LogP contribution in [0.2, 0.25) is 0 Å². The fourth-order valence-electron chi connectivity index (χ4n) is 1.57. The lowest BCUT2D eigenvalue weighted by Gasteiger charge is -2.24. The van der Waals surface area contributed by atoms with Crippen LogP contribution in [0, 0.1) is 0 Å². The van der Waals surface area contributed by atoms with Crippen LogP contribution in [0.25, 0.3) is 0 Å². The zero-order valence-corrected chi connectivity index (χ0v) is 10.9. The predicted octanol–water partition coefficient (Wildman–Crippen LogP) is 0.832. The number of benzene rings is 1. The minimum absolute atomic E-state index is 0.0486. The van der Waals surface area contributed by atoms with Crippen molar-refractivity contribution in [3.63, 3.8) is 0 Å². The third kappa shape index (κ3) is 4.69. The van der Waals surface area contributed by atoms with Gasteiger partial charge in [-0.15, -0.1) is 0 Å². The van der Waals surface area contributed by atoms with Crippen molar-refractivity contribution in [1.82, 2.24) is 4.90 Å². The summed E-state index contributed by atoms with van der Waals surface area (Å²) in [5.74, 6) is -1.46. The van der Waals surface area contributed by atoms with E-state index in [0.717, 1.165) is 0 Å². The van der Waals surface area contributed by atoms with Crippen molar-refractivity contribution in [2.45, 2.75) is 6.29 Å². The molecule has 1 N–H and O–H groups in total. The molecule has 0 bridgehead atoms. The van der Waals surface area contributed by atoms with Gasteiger partial charge in [-0.05, 0) is 12.1 Å². The van der Waals surface area contributed by atoms with Gasteiger partial charge < -0.3 is 19.5 Å². The number of carbonyl (C=O) groups is 2. The first-order chi connectivity index (χ1) is 9.08. The van der Waals surface area contributed by atoms with E-state index in [-0.39, 0.29) is 12.5 Å². The summed E-state index contributed by atoms with van der Waals surface area (Å²) < 4.78 is 9.98. The first-order valence-electron chi connectivity index (χ1n) is 5.70. The Kier molecular flexibility index (Phi) is 5.98. The summed E-state index contributed by atoms with van der Waals surface area (Å²) in [4.78, 5) is 24.2. The standard InChI is InChI=1S/C13H17NO5/c1-18-12(19-2)9-14(8-11(15)16)13(17)10-6-4-3-5-7-10/h3-7,12H,8-9H2,1-2H3,(H,15,16). The summed E-state index contributed by atoms with van der Waals surface area (Å²) >= 11 is 0. The molecule has 0 fully saturated rings. The lowest BCUT2D eigenvalue weighted by Crippen LogP contribution is -2.42. The van der Waals surface area contributed by atoms with E-state index in [9.17, 15) is 9.59 Å². The molecular weight excluding hydrogens is 250 g/mol. The van der Waals surface area contributed by atoms with Crippen molar-refractivity contribution in [2.24, 2.45) is 0 Å². The molecule has 6 heteroatoms. The number of ether oxygens (including phenoxy) is 2. The molecule has 0 aromatic heterocycles. The van der Waals surface area contributed by atoms with E-state index in [4.69, 9.17) is 14.6 Å². The Hall–Kier alpha value is -1.92. The van der Waals surface area contributed by atoms with Crippen molar-refractivity contribution in [3.8, 4) is 0 Å². The van der Waals surface area contributed by atoms with E-state index in [2.05, 4.69) is 0 Å². The molecule has 0 aliphatic rings. The van der Waals surface area contributed by atoms with Gasteiger partial charge in [0, 0.05) is 19.8 Å². The number of carbonyl (C=O) groups excluding carboxylic acids is 1. The largest absolute Gasteiger partial charge is 0.480 e. The van der Waals surface area contributed by atoms with Crippen molar-refractivity contribution in [3.05, 3.63) is 35.9 Å². The molecule has 0 heterocycles. The van der Waals surface area contributed by atoms with Gasteiger partial charge >= 0.3 is 5.97 Å². The second-order valence-corrected chi connectivity index (χ2v) is 3.85. The third-order valence-electron chi connectivity index (χ3n) is 2.53. The van der Waals surface area contributed by atoms with Gasteiger partial charge in [0.15, 0.2) is 6.29 Å². The van der Waals surface area contributed by atoms with Gasteiger partial charge in [0.25, 0.3) is 5.91 Å². The van der Waals surface area contributed by atoms with Crippen molar-refractivity contribution < 1.29 is 24.2 Å². The fourth-order valence-corrected chi connectivity index (χ4v) is 1.57. The molecule has 6 nitrogen and oxygen atoms in total. The van der Waals surface area contributed by atoms with E-state index >= 15 is 0 Å². The van der Waals surface area contributed by atoms with Crippen LogP contribution in [-0.4, -0.2) is 55.5 Å².